The first-order valence-corrected chi connectivity index (χ1v) is 7.76. The van der Waals surface area contributed by atoms with Crippen LogP contribution in [0.4, 0.5) is 0 Å². The minimum absolute atomic E-state index is 0.495. The first kappa shape index (κ1) is 14.0. The van der Waals surface area contributed by atoms with Gasteiger partial charge in [0.25, 0.3) is 0 Å². The molecule has 0 unspecified atom stereocenters. The van der Waals surface area contributed by atoms with Crippen molar-refractivity contribution >= 4 is 11.3 Å². The van der Waals surface area contributed by atoms with Gasteiger partial charge in [-0.25, -0.2) is 4.98 Å². The molecule has 1 aromatic rings. The van der Waals surface area contributed by atoms with Crippen LogP contribution in [0.3, 0.4) is 0 Å². The van der Waals surface area contributed by atoms with E-state index in [2.05, 4.69) is 41.6 Å². The van der Waals surface area contributed by atoms with Crippen LogP contribution >= 0.6 is 11.3 Å². The van der Waals surface area contributed by atoms with Crippen LogP contribution in [-0.2, 0) is 6.54 Å². The van der Waals surface area contributed by atoms with Gasteiger partial charge in [-0.1, -0.05) is 12.8 Å². The van der Waals surface area contributed by atoms with Gasteiger partial charge in [0.15, 0.2) is 0 Å². The van der Waals surface area contributed by atoms with E-state index in [-0.39, 0.29) is 0 Å². The minimum Gasteiger partial charge on any atom is -0.319 e. The molecular weight excluding hydrogens is 242 g/mol. The first-order chi connectivity index (χ1) is 8.63. The number of aromatic nitrogens is 1. The molecule has 0 saturated heterocycles. The Kier molecular flexibility index (Phi) is 4.76. The van der Waals surface area contributed by atoms with Crippen molar-refractivity contribution in [1.29, 1.82) is 0 Å². The Labute approximate surface area is 115 Å². The lowest BCUT2D eigenvalue weighted by atomic mass is 9.85. The van der Waals surface area contributed by atoms with Crippen LogP contribution < -0.4 is 5.32 Å². The van der Waals surface area contributed by atoms with E-state index in [0.29, 0.717) is 5.41 Å². The average Bonchev–Trinajstić information content (AvgIpc) is 2.89. The van der Waals surface area contributed by atoms with E-state index in [1.165, 1.54) is 42.9 Å². The van der Waals surface area contributed by atoms with Crippen LogP contribution in [0.1, 0.15) is 36.4 Å². The average molecular weight is 267 g/mol. The number of rotatable bonds is 6. The monoisotopic (exact) mass is 267 g/mol. The predicted molar refractivity (Wildman–Crippen MR) is 78.0 cm³/mol. The van der Waals surface area contributed by atoms with Gasteiger partial charge in [-0.15, -0.1) is 11.3 Å². The molecule has 0 spiro atoms. The molecule has 0 aromatic carbocycles. The van der Waals surface area contributed by atoms with Gasteiger partial charge in [-0.3, -0.25) is 4.90 Å². The van der Waals surface area contributed by atoms with Gasteiger partial charge in [-0.05, 0) is 39.3 Å². The number of nitrogens with one attached hydrogen (secondary N) is 1. The van der Waals surface area contributed by atoms with E-state index in [1.807, 2.05) is 0 Å². The molecule has 0 atom stereocenters. The summed E-state index contributed by atoms with van der Waals surface area (Å²) in [4.78, 5) is 7.00. The van der Waals surface area contributed by atoms with Crippen LogP contribution in [-0.4, -0.2) is 37.1 Å². The molecule has 0 amide bonds. The summed E-state index contributed by atoms with van der Waals surface area (Å²) in [5, 5.41) is 6.74. The number of aryl methyl sites for hydroxylation is 1. The fourth-order valence-corrected chi connectivity index (χ4v) is 3.88. The molecule has 1 heterocycles. The van der Waals surface area contributed by atoms with Crippen molar-refractivity contribution in [3.05, 3.63) is 16.1 Å². The molecule has 1 aliphatic rings. The van der Waals surface area contributed by atoms with E-state index in [4.69, 9.17) is 0 Å². The molecule has 1 aliphatic carbocycles. The smallest absolute Gasteiger partial charge is 0.0897 e. The zero-order valence-corrected chi connectivity index (χ0v) is 12.6. The summed E-state index contributed by atoms with van der Waals surface area (Å²) in [6, 6.07) is 0. The van der Waals surface area contributed by atoms with E-state index >= 15 is 0 Å². The summed E-state index contributed by atoms with van der Waals surface area (Å²) >= 11 is 1.75. The number of hydrogen-bond acceptors (Lipinski definition) is 4. The van der Waals surface area contributed by atoms with E-state index in [1.54, 1.807) is 11.3 Å². The first-order valence-electron chi connectivity index (χ1n) is 6.88. The molecular formula is C14H25N3S. The summed E-state index contributed by atoms with van der Waals surface area (Å²) in [6.45, 7) is 5.39. The number of hydrogen-bond donors (Lipinski definition) is 1. The Morgan fingerprint density at radius 2 is 2.17 bits per heavy atom. The maximum Gasteiger partial charge on any atom is 0.0897 e. The van der Waals surface area contributed by atoms with Gasteiger partial charge in [0.05, 0.1) is 10.7 Å². The normalized spacial score (nSPS) is 18.7. The molecule has 3 nitrogen and oxygen atoms in total. The molecule has 0 bridgehead atoms. The van der Waals surface area contributed by atoms with Crippen molar-refractivity contribution in [1.82, 2.24) is 15.2 Å². The third-order valence-corrected chi connectivity index (χ3v) is 4.74. The lowest BCUT2D eigenvalue weighted by Gasteiger charge is -2.33. The second-order valence-corrected chi connectivity index (χ2v) is 6.83. The van der Waals surface area contributed by atoms with Crippen molar-refractivity contribution < 1.29 is 0 Å². The zero-order valence-electron chi connectivity index (χ0n) is 11.8. The Balaban J connectivity index is 1.90. The molecule has 4 heteroatoms. The summed E-state index contributed by atoms with van der Waals surface area (Å²) in [6.07, 6.45) is 5.53. The van der Waals surface area contributed by atoms with Crippen LogP contribution in [0.5, 0.6) is 0 Å². The van der Waals surface area contributed by atoms with Crippen molar-refractivity contribution in [2.75, 3.05) is 27.2 Å². The summed E-state index contributed by atoms with van der Waals surface area (Å²) in [5.74, 6) is 0. The molecule has 18 heavy (non-hydrogen) atoms. The van der Waals surface area contributed by atoms with Crippen molar-refractivity contribution in [3.8, 4) is 0 Å². The fourth-order valence-electron chi connectivity index (χ4n) is 3.28. The summed E-state index contributed by atoms with van der Waals surface area (Å²) < 4.78 is 0. The van der Waals surface area contributed by atoms with Gasteiger partial charge in [0.2, 0.25) is 0 Å². The van der Waals surface area contributed by atoms with Gasteiger partial charge in [0.1, 0.15) is 0 Å². The Morgan fingerprint density at radius 1 is 1.44 bits per heavy atom. The van der Waals surface area contributed by atoms with Crippen molar-refractivity contribution in [2.45, 2.75) is 39.2 Å². The maximum absolute atomic E-state index is 4.56. The van der Waals surface area contributed by atoms with Crippen LogP contribution in [0.25, 0.3) is 0 Å². The zero-order chi connectivity index (χ0) is 13.0. The van der Waals surface area contributed by atoms with Gasteiger partial charge in [0, 0.05) is 25.0 Å². The Hall–Kier alpha value is -0.450. The van der Waals surface area contributed by atoms with E-state index in [0.717, 1.165) is 13.1 Å². The standard InChI is InChI=1S/C14H25N3S/c1-12-16-13(9-18-12)8-17(3)11-14(10-15-2)6-4-5-7-14/h9,15H,4-8,10-11H2,1-3H3. The third kappa shape index (κ3) is 3.53. The van der Waals surface area contributed by atoms with Gasteiger partial charge < -0.3 is 5.32 Å². The highest BCUT2D eigenvalue weighted by molar-refractivity contribution is 7.09. The fraction of sp³-hybridized carbons (Fsp3) is 0.786. The largest absolute Gasteiger partial charge is 0.319 e. The summed E-state index contributed by atoms with van der Waals surface area (Å²) in [5.41, 5.74) is 1.71. The Morgan fingerprint density at radius 3 is 2.72 bits per heavy atom. The van der Waals surface area contributed by atoms with E-state index in [9.17, 15) is 0 Å². The van der Waals surface area contributed by atoms with Crippen molar-refractivity contribution in [3.63, 3.8) is 0 Å². The molecule has 102 valence electrons. The topological polar surface area (TPSA) is 28.2 Å². The van der Waals surface area contributed by atoms with Crippen molar-refractivity contribution in [2.24, 2.45) is 5.41 Å². The molecule has 0 radical (unpaired) electrons. The predicted octanol–water partition coefficient (Wildman–Crippen LogP) is 2.66. The quantitative estimate of drug-likeness (QED) is 0.859. The number of thiazole rings is 1. The Bertz CT molecular complexity index is 369. The maximum atomic E-state index is 4.56. The molecule has 1 fully saturated rings. The highest BCUT2D eigenvalue weighted by atomic mass is 32.1. The molecule has 1 N–H and O–H groups in total. The van der Waals surface area contributed by atoms with Crippen LogP contribution in [0.2, 0.25) is 0 Å². The van der Waals surface area contributed by atoms with Gasteiger partial charge >= 0.3 is 0 Å². The van der Waals surface area contributed by atoms with Crippen LogP contribution in [0.15, 0.2) is 5.38 Å². The lowest BCUT2D eigenvalue weighted by molar-refractivity contribution is 0.169. The second kappa shape index (κ2) is 6.13. The molecule has 0 aliphatic heterocycles. The highest BCUT2D eigenvalue weighted by Crippen LogP contribution is 2.38. The highest BCUT2D eigenvalue weighted by Gasteiger charge is 2.34. The third-order valence-electron chi connectivity index (χ3n) is 3.92. The molecule has 1 aromatic heterocycles. The lowest BCUT2D eigenvalue weighted by Crippen LogP contribution is -2.40. The SMILES string of the molecule is CNCC1(CN(C)Cc2csc(C)n2)CCCC1. The van der Waals surface area contributed by atoms with Crippen LogP contribution in [0, 0.1) is 12.3 Å². The summed E-state index contributed by atoms with van der Waals surface area (Å²) in [7, 11) is 4.30. The van der Waals surface area contributed by atoms with E-state index < -0.39 is 0 Å². The minimum atomic E-state index is 0.495. The van der Waals surface area contributed by atoms with Gasteiger partial charge in [-0.2, -0.15) is 0 Å². The number of nitrogens with zero attached hydrogens (tertiary/aromatic N) is 2. The second-order valence-electron chi connectivity index (χ2n) is 5.77. The molecule has 1 saturated carbocycles. The molecule has 2 rings (SSSR count).